The number of benzene rings is 1. The SMILES string of the molecule is CC(=O)c1c(C)cc(C)c(CSCc2noc(C(C)C)n2)c1C. The molecular weight excluding hydrogens is 308 g/mol. The van der Waals surface area contributed by atoms with E-state index in [0.29, 0.717) is 11.6 Å². The quantitative estimate of drug-likeness (QED) is 0.714. The standard InChI is InChI=1S/C18H24N2O2S/c1-10(2)18-19-16(20-22-18)9-23-8-15-11(3)7-12(4)17(13(15)5)14(6)21/h7,10H,8-9H2,1-6H3. The Labute approximate surface area is 142 Å². The van der Waals surface area contributed by atoms with E-state index in [1.54, 1.807) is 18.7 Å². The molecule has 0 amide bonds. The molecule has 0 N–H and O–H groups in total. The third kappa shape index (κ3) is 4.02. The van der Waals surface area contributed by atoms with Crippen LogP contribution in [0.3, 0.4) is 0 Å². The third-order valence-electron chi connectivity index (χ3n) is 3.94. The van der Waals surface area contributed by atoms with Crippen LogP contribution in [0.4, 0.5) is 0 Å². The first-order chi connectivity index (χ1) is 10.8. The summed E-state index contributed by atoms with van der Waals surface area (Å²) in [6.45, 7) is 11.8. The Morgan fingerprint density at radius 2 is 1.91 bits per heavy atom. The van der Waals surface area contributed by atoms with Crippen LogP contribution in [0.5, 0.6) is 0 Å². The summed E-state index contributed by atoms with van der Waals surface area (Å²) >= 11 is 1.74. The van der Waals surface area contributed by atoms with Gasteiger partial charge in [0.05, 0.1) is 5.75 Å². The van der Waals surface area contributed by atoms with Crippen LogP contribution in [-0.4, -0.2) is 15.9 Å². The van der Waals surface area contributed by atoms with Crippen LogP contribution < -0.4 is 0 Å². The number of thioether (sulfide) groups is 1. The van der Waals surface area contributed by atoms with Gasteiger partial charge in [-0.05, 0) is 49.9 Å². The summed E-state index contributed by atoms with van der Waals surface area (Å²) in [7, 11) is 0. The van der Waals surface area contributed by atoms with Crippen molar-refractivity contribution in [3.8, 4) is 0 Å². The van der Waals surface area contributed by atoms with Crippen LogP contribution in [0.15, 0.2) is 10.6 Å². The zero-order valence-electron chi connectivity index (χ0n) is 14.7. The summed E-state index contributed by atoms with van der Waals surface area (Å²) in [5.41, 5.74) is 5.47. The Morgan fingerprint density at radius 1 is 1.22 bits per heavy atom. The summed E-state index contributed by atoms with van der Waals surface area (Å²) in [6, 6.07) is 2.10. The number of aromatic nitrogens is 2. The van der Waals surface area contributed by atoms with E-state index in [1.165, 1.54) is 11.1 Å². The number of aryl methyl sites for hydroxylation is 2. The molecule has 23 heavy (non-hydrogen) atoms. The van der Waals surface area contributed by atoms with E-state index in [-0.39, 0.29) is 11.7 Å². The van der Waals surface area contributed by atoms with Gasteiger partial charge in [-0.3, -0.25) is 4.79 Å². The minimum atomic E-state index is 0.131. The van der Waals surface area contributed by atoms with Gasteiger partial charge in [0.1, 0.15) is 0 Å². The van der Waals surface area contributed by atoms with Gasteiger partial charge < -0.3 is 4.52 Å². The molecule has 0 fully saturated rings. The normalized spacial score (nSPS) is 11.3. The average Bonchev–Trinajstić information content (AvgIpc) is 2.90. The number of carbonyl (C=O) groups excluding carboxylic acids is 1. The maximum atomic E-state index is 11.9. The van der Waals surface area contributed by atoms with Gasteiger partial charge in [0, 0.05) is 17.2 Å². The molecule has 0 bridgehead atoms. The topological polar surface area (TPSA) is 56.0 Å². The third-order valence-corrected chi connectivity index (χ3v) is 4.89. The summed E-state index contributed by atoms with van der Waals surface area (Å²) in [4.78, 5) is 16.3. The van der Waals surface area contributed by atoms with E-state index in [1.807, 2.05) is 27.7 Å². The second-order valence-corrected chi connectivity index (χ2v) is 7.23. The minimum absolute atomic E-state index is 0.131. The summed E-state index contributed by atoms with van der Waals surface area (Å²) in [5.74, 6) is 3.34. The first kappa shape index (κ1) is 17.7. The first-order valence-corrected chi connectivity index (χ1v) is 8.97. The largest absolute Gasteiger partial charge is 0.339 e. The van der Waals surface area contributed by atoms with E-state index in [2.05, 4.69) is 23.1 Å². The molecule has 0 saturated carbocycles. The minimum Gasteiger partial charge on any atom is -0.339 e. The fourth-order valence-electron chi connectivity index (χ4n) is 2.80. The molecular formula is C18H24N2O2S. The Morgan fingerprint density at radius 3 is 2.48 bits per heavy atom. The van der Waals surface area contributed by atoms with Crippen molar-refractivity contribution in [1.29, 1.82) is 0 Å². The lowest BCUT2D eigenvalue weighted by Crippen LogP contribution is -2.05. The fourth-order valence-corrected chi connectivity index (χ4v) is 3.85. The van der Waals surface area contributed by atoms with E-state index in [9.17, 15) is 4.79 Å². The number of nitrogens with zero attached hydrogens (tertiary/aromatic N) is 2. The lowest BCUT2D eigenvalue weighted by Gasteiger charge is -2.15. The number of hydrogen-bond donors (Lipinski definition) is 0. The van der Waals surface area contributed by atoms with E-state index in [4.69, 9.17) is 4.52 Å². The van der Waals surface area contributed by atoms with Crippen LogP contribution in [0.25, 0.3) is 0 Å². The Kier molecular flexibility index (Phi) is 5.63. The fraction of sp³-hybridized carbons (Fsp3) is 0.500. The van der Waals surface area contributed by atoms with Crippen LogP contribution >= 0.6 is 11.8 Å². The second kappa shape index (κ2) is 7.30. The smallest absolute Gasteiger partial charge is 0.229 e. The van der Waals surface area contributed by atoms with Crippen LogP contribution in [0.1, 0.15) is 71.0 Å². The molecule has 0 spiro atoms. The van der Waals surface area contributed by atoms with Gasteiger partial charge in [0.25, 0.3) is 0 Å². The van der Waals surface area contributed by atoms with E-state index in [0.717, 1.165) is 28.3 Å². The van der Waals surface area contributed by atoms with Crippen molar-refractivity contribution in [3.63, 3.8) is 0 Å². The predicted molar refractivity (Wildman–Crippen MR) is 94.0 cm³/mol. The van der Waals surface area contributed by atoms with Gasteiger partial charge in [0.15, 0.2) is 11.6 Å². The van der Waals surface area contributed by atoms with Crippen LogP contribution in [0, 0.1) is 20.8 Å². The number of rotatable bonds is 6. The lowest BCUT2D eigenvalue weighted by molar-refractivity contribution is 0.101. The molecule has 0 atom stereocenters. The van der Waals surface area contributed by atoms with Gasteiger partial charge in [-0.25, -0.2) is 0 Å². The molecule has 0 radical (unpaired) electrons. The van der Waals surface area contributed by atoms with E-state index >= 15 is 0 Å². The first-order valence-electron chi connectivity index (χ1n) is 7.82. The maximum absolute atomic E-state index is 11.9. The highest BCUT2D eigenvalue weighted by Crippen LogP contribution is 2.27. The number of carbonyl (C=O) groups is 1. The lowest BCUT2D eigenvalue weighted by atomic mass is 9.92. The molecule has 4 nitrogen and oxygen atoms in total. The van der Waals surface area contributed by atoms with Crippen molar-refractivity contribution in [1.82, 2.24) is 10.1 Å². The predicted octanol–water partition coefficient (Wildman–Crippen LogP) is 4.75. The molecule has 5 heteroatoms. The molecule has 1 heterocycles. The van der Waals surface area contributed by atoms with Gasteiger partial charge in [0.2, 0.25) is 5.89 Å². The Bertz CT molecular complexity index is 720. The van der Waals surface area contributed by atoms with Crippen molar-refractivity contribution < 1.29 is 9.32 Å². The molecule has 0 unspecified atom stereocenters. The molecule has 0 aliphatic rings. The van der Waals surface area contributed by atoms with Gasteiger partial charge in [-0.2, -0.15) is 4.98 Å². The molecule has 124 valence electrons. The van der Waals surface area contributed by atoms with Crippen molar-refractivity contribution in [2.45, 2.75) is 59.0 Å². The summed E-state index contributed by atoms with van der Waals surface area (Å²) < 4.78 is 5.22. The summed E-state index contributed by atoms with van der Waals surface area (Å²) in [6.07, 6.45) is 0. The highest BCUT2D eigenvalue weighted by molar-refractivity contribution is 7.97. The van der Waals surface area contributed by atoms with Gasteiger partial charge >= 0.3 is 0 Å². The monoisotopic (exact) mass is 332 g/mol. The molecule has 2 aromatic rings. The highest BCUT2D eigenvalue weighted by Gasteiger charge is 2.15. The molecule has 0 saturated heterocycles. The van der Waals surface area contributed by atoms with Crippen molar-refractivity contribution in [2.24, 2.45) is 0 Å². The van der Waals surface area contributed by atoms with Crippen LogP contribution in [-0.2, 0) is 11.5 Å². The molecule has 1 aromatic heterocycles. The molecule has 2 rings (SSSR count). The second-order valence-electron chi connectivity index (χ2n) is 6.24. The number of ketones is 1. The zero-order valence-corrected chi connectivity index (χ0v) is 15.5. The number of Topliss-reactive ketones (excluding diaryl/α,β-unsaturated/α-hetero) is 1. The van der Waals surface area contributed by atoms with E-state index < -0.39 is 0 Å². The zero-order chi connectivity index (χ0) is 17.1. The highest BCUT2D eigenvalue weighted by atomic mass is 32.2. The number of hydrogen-bond acceptors (Lipinski definition) is 5. The van der Waals surface area contributed by atoms with Gasteiger partial charge in [-0.1, -0.05) is 25.1 Å². The van der Waals surface area contributed by atoms with Crippen molar-refractivity contribution in [3.05, 3.63) is 45.6 Å². The van der Waals surface area contributed by atoms with Crippen molar-refractivity contribution >= 4 is 17.5 Å². The summed E-state index contributed by atoms with van der Waals surface area (Å²) in [5, 5.41) is 4.01. The van der Waals surface area contributed by atoms with Crippen molar-refractivity contribution in [2.75, 3.05) is 0 Å². The Hall–Kier alpha value is -1.62. The maximum Gasteiger partial charge on any atom is 0.229 e. The molecule has 0 aliphatic carbocycles. The molecule has 0 aliphatic heterocycles. The van der Waals surface area contributed by atoms with Gasteiger partial charge in [-0.15, -0.1) is 11.8 Å². The Balaban J connectivity index is 2.11. The van der Waals surface area contributed by atoms with Crippen LogP contribution in [0.2, 0.25) is 0 Å². The molecule has 1 aromatic carbocycles. The average molecular weight is 332 g/mol.